The maximum Gasteiger partial charge on any atom is 0.0207 e. The van der Waals surface area contributed by atoms with Crippen LogP contribution >= 0.6 is 15.9 Å². The van der Waals surface area contributed by atoms with E-state index in [1.165, 1.54) is 67.8 Å². The lowest BCUT2D eigenvalue weighted by atomic mass is 10.00. The van der Waals surface area contributed by atoms with Gasteiger partial charge in [0.1, 0.15) is 0 Å². The van der Waals surface area contributed by atoms with Gasteiger partial charge in [-0.3, -0.25) is 0 Å². The number of benzene rings is 1. The summed E-state index contributed by atoms with van der Waals surface area (Å²) in [6.07, 6.45) is 14.6. The van der Waals surface area contributed by atoms with Crippen molar-refractivity contribution in [2.24, 2.45) is 5.73 Å². The number of unbranched alkanes of at least 4 members (excludes halogenated alkanes) is 8. The van der Waals surface area contributed by atoms with Crippen molar-refractivity contribution in [1.29, 1.82) is 0 Å². The molecule has 0 aliphatic carbocycles. The Morgan fingerprint density at radius 1 is 0.905 bits per heavy atom. The highest BCUT2D eigenvalue weighted by atomic mass is 79.9. The lowest BCUT2D eigenvalue weighted by molar-refractivity contribution is 0.522. The average Bonchev–Trinajstić information content (AvgIpc) is 2.48. The third-order valence-corrected chi connectivity index (χ3v) is 4.89. The molecule has 0 amide bonds. The first-order valence-corrected chi connectivity index (χ1v) is 9.52. The predicted molar refractivity (Wildman–Crippen MR) is 97.7 cm³/mol. The van der Waals surface area contributed by atoms with Crippen molar-refractivity contribution in [3.63, 3.8) is 0 Å². The number of nitrogens with two attached hydrogens (primary N) is 1. The Morgan fingerprint density at radius 3 is 2.10 bits per heavy atom. The first kappa shape index (κ1) is 18.7. The topological polar surface area (TPSA) is 26.0 Å². The Kier molecular flexibility index (Phi) is 10.9. The smallest absolute Gasteiger partial charge is 0.0207 e. The highest BCUT2D eigenvalue weighted by Gasteiger charge is 2.06. The van der Waals surface area contributed by atoms with Gasteiger partial charge < -0.3 is 5.73 Å². The normalized spacial score (nSPS) is 12.5. The minimum Gasteiger partial charge on any atom is -0.327 e. The quantitative estimate of drug-likeness (QED) is 0.442. The minimum absolute atomic E-state index is 0.299. The fourth-order valence-corrected chi connectivity index (χ4v) is 3.21. The molecule has 0 saturated carbocycles. The second kappa shape index (κ2) is 12.2. The Morgan fingerprint density at radius 2 is 1.48 bits per heavy atom. The molecule has 0 aromatic heterocycles. The Bertz CT molecular complexity index is 364. The van der Waals surface area contributed by atoms with Gasteiger partial charge >= 0.3 is 0 Å². The molecule has 1 atom stereocenters. The Hall–Kier alpha value is -0.340. The highest BCUT2D eigenvalue weighted by molar-refractivity contribution is 9.10. The van der Waals surface area contributed by atoms with Gasteiger partial charge in [-0.25, -0.2) is 0 Å². The number of hydrogen-bond donors (Lipinski definition) is 1. The molecule has 0 aliphatic rings. The molecule has 0 fully saturated rings. The molecule has 1 unspecified atom stereocenters. The van der Waals surface area contributed by atoms with Gasteiger partial charge in [-0.2, -0.15) is 0 Å². The van der Waals surface area contributed by atoms with Crippen LogP contribution in [-0.4, -0.2) is 6.04 Å². The molecular formula is C19H32BrN. The number of halogens is 1. The summed E-state index contributed by atoms with van der Waals surface area (Å²) in [6.45, 7) is 2.28. The van der Waals surface area contributed by atoms with Crippen molar-refractivity contribution in [1.82, 2.24) is 0 Å². The van der Waals surface area contributed by atoms with Crippen LogP contribution in [0.3, 0.4) is 0 Å². The van der Waals surface area contributed by atoms with Crippen LogP contribution in [0, 0.1) is 0 Å². The lowest BCUT2D eigenvalue weighted by Gasteiger charge is -2.12. The SMILES string of the molecule is CCCCCCCCCCCC(N)Cc1ccccc1Br. The van der Waals surface area contributed by atoms with Crippen LogP contribution in [0.2, 0.25) is 0 Å². The molecule has 1 rings (SSSR count). The maximum absolute atomic E-state index is 6.25. The fourth-order valence-electron chi connectivity index (χ4n) is 2.77. The lowest BCUT2D eigenvalue weighted by Crippen LogP contribution is -2.22. The van der Waals surface area contributed by atoms with Crippen molar-refractivity contribution < 1.29 is 0 Å². The second-order valence-electron chi connectivity index (χ2n) is 6.17. The van der Waals surface area contributed by atoms with Crippen LogP contribution in [0.1, 0.15) is 76.7 Å². The van der Waals surface area contributed by atoms with Gasteiger partial charge in [0.2, 0.25) is 0 Å². The van der Waals surface area contributed by atoms with E-state index < -0.39 is 0 Å². The average molecular weight is 354 g/mol. The van der Waals surface area contributed by atoms with E-state index in [4.69, 9.17) is 5.73 Å². The fraction of sp³-hybridized carbons (Fsp3) is 0.684. The third kappa shape index (κ3) is 9.31. The molecule has 0 heterocycles. The molecule has 1 aromatic carbocycles. The third-order valence-electron chi connectivity index (χ3n) is 4.12. The van der Waals surface area contributed by atoms with Crippen molar-refractivity contribution in [2.75, 3.05) is 0 Å². The van der Waals surface area contributed by atoms with Crippen molar-refractivity contribution in [2.45, 2.75) is 83.6 Å². The summed E-state index contributed by atoms with van der Waals surface area (Å²) in [7, 11) is 0. The van der Waals surface area contributed by atoms with Crippen LogP contribution in [0.5, 0.6) is 0 Å². The summed E-state index contributed by atoms with van der Waals surface area (Å²) < 4.78 is 1.19. The van der Waals surface area contributed by atoms with E-state index in [0.717, 1.165) is 12.8 Å². The molecule has 1 aromatic rings. The minimum atomic E-state index is 0.299. The predicted octanol–water partition coefficient (Wildman–Crippen LogP) is 6.24. The number of rotatable bonds is 12. The molecule has 0 saturated heterocycles. The summed E-state index contributed by atoms with van der Waals surface area (Å²) in [5, 5.41) is 0. The zero-order chi connectivity index (χ0) is 15.3. The van der Waals surface area contributed by atoms with Gasteiger partial charge in [0.25, 0.3) is 0 Å². The first-order chi connectivity index (χ1) is 10.2. The van der Waals surface area contributed by atoms with E-state index in [9.17, 15) is 0 Å². The van der Waals surface area contributed by atoms with Crippen LogP contribution in [0.15, 0.2) is 28.7 Å². The molecule has 0 spiro atoms. The monoisotopic (exact) mass is 353 g/mol. The van der Waals surface area contributed by atoms with E-state index in [-0.39, 0.29) is 0 Å². The summed E-state index contributed by atoms with van der Waals surface area (Å²) in [5.41, 5.74) is 7.58. The standard InChI is InChI=1S/C19H32BrN/c1-2-3-4-5-6-7-8-9-10-14-18(21)16-17-13-11-12-15-19(17)20/h11-13,15,18H,2-10,14,16,21H2,1H3. The van der Waals surface area contributed by atoms with E-state index in [1.807, 2.05) is 0 Å². The van der Waals surface area contributed by atoms with Gasteiger partial charge in [-0.15, -0.1) is 0 Å². The highest BCUT2D eigenvalue weighted by Crippen LogP contribution is 2.18. The van der Waals surface area contributed by atoms with Crippen molar-refractivity contribution in [3.8, 4) is 0 Å². The molecule has 2 N–H and O–H groups in total. The van der Waals surface area contributed by atoms with Crippen LogP contribution in [0.4, 0.5) is 0 Å². The Balaban J connectivity index is 1.99. The van der Waals surface area contributed by atoms with Gasteiger partial charge in [0.05, 0.1) is 0 Å². The summed E-state index contributed by atoms with van der Waals surface area (Å²) in [5.74, 6) is 0. The van der Waals surface area contributed by atoms with E-state index in [1.54, 1.807) is 0 Å². The summed E-state index contributed by atoms with van der Waals surface area (Å²) in [6, 6.07) is 8.71. The van der Waals surface area contributed by atoms with Crippen LogP contribution < -0.4 is 5.73 Å². The molecule has 120 valence electrons. The molecule has 0 aliphatic heterocycles. The van der Waals surface area contributed by atoms with E-state index in [0.29, 0.717) is 6.04 Å². The van der Waals surface area contributed by atoms with E-state index >= 15 is 0 Å². The molecule has 0 bridgehead atoms. The van der Waals surface area contributed by atoms with Gasteiger partial charge in [-0.05, 0) is 24.5 Å². The van der Waals surface area contributed by atoms with Crippen LogP contribution in [0.25, 0.3) is 0 Å². The van der Waals surface area contributed by atoms with E-state index in [2.05, 4.69) is 47.1 Å². The van der Waals surface area contributed by atoms with Crippen LogP contribution in [-0.2, 0) is 6.42 Å². The molecule has 2 heteroatoms. The molecular weight excluding hydrogens is 322 g/mol. The summed E-state index contributed by atoms with van der Waals surface area (Å²) in [4.78, 5) is 0. The van der Waals surface area contributed by atoms with Gasteiger partial charge in [-0.1, -0.05) is 98.8 Å². The zero-order valence-corrected chi connectivity index (χ0v) is 15.2. The van der Waals surface area contributed by atoms with Gasteiger partial charge in [0.15, 0.2) is 0 Å². The maximum atomic E-state index is 6.25. The molecule has 1 nitrogen and oxygen atoms in total. The number of hydrogen-bond acceptors (Lipinski definition) is 1. The summed E-state index contributed by atoms with van der Waals surface area (Å²) >= 11 is 3.60. The van der Waals surface area contributed by atoms with Crippen molar-refractivity contribution in [3.05, 3.63) is 34.3 Å². The van der Waals surface area contributed by atoms with Gasteiger partial charge in [0, 0.05) is 10.5 Å². The molecule has 21 heavy (non-hydrogen) atoms. The largest absolute Gasteiger partial charge is 0.327 e. The first-order valence-electron chi connectivity index (χ1n) is 8.73. The second-order valence-corrected chi connectivity index (χ2v) is 7.03. The van der Waals surface area contributed by atoms with Crippen molar-refractivity contribution >= 4 is 15.9 Å². The zero-order valence-electron chi connectivity index (χ0n) is 13.6. The molecule has 0 radical (unpaired) electrons. The Labute approximate surface area is 139 Å².